The van der Waals surface area contributed by atoms with Crippen LogP contribution < -0.4 is 20.7 Å². The number of halogens is 2. The van der Waals surface area contributed by atoms with Crippen molar-refractivity contribution in [2.45, 2.75) is 26.1 Å². The van der Waals surface area contributed by atoms with Gasteiger partial charge in [-0.2, -0.15) is 8.78 Å². The molecule has 0 bridgehead atoms. The average molecular weight is 367 g/mol. The molecule has 2 aromatic rings. The van der Waals surface area contributed by atoms with Crippen molar-refractivity contribution in [2.24, 2.45) is 0 Å². The van der Waals surface area contributed by atoms with E-state index in [0.717, 1.165) is 0 Å². The summed E-state index contributed by atoms with van der Waals surface area (Å²) >= 11 is 0. The summed E-state index contributed by atoms with van der Waals surface area (Å²) in [5, 5.41) is 7.67. The molecular formula is C17H19F2N3O4. The lowest BCUT2D eigenvalue weighted by molar-refractivity contribution is -0.120. The Morgan fingerprint density at radius 2 is 1.88 bits per heavy atom. The first-order valence-electron chi connectivity index (χ1n) is 7.82. The van der Waals surface area contributed by atoms with Crippen LogP contribution in [0.3, 0.4) is 0 Å². The van der Waals surface area contributed by atoms with Gasteiger partial charge in [0.25, 0.3) is 0 Å². The molecule has 0 aliphatic rings. The zero-order chi connectivity index (χ0) is 18.9. The second-order valence-electron chi connectivity index (χ2n) is 5.35. The lowest BCUT2D eigenvalue weighted by Gasteiger charge is -2.15. The summed E-state index contributed by atoms with van der Waals surface area (Å²) in [6.45, 7) is -1.15. The van der Waals surface area contributed by atoms with Crippen molar-refractivity contribution in [1.82, 2.24) is 16.0 Å². The molecule has 1 aromatic heterocycles. The van der Waals surface area contributed by atoms with Crippen LogP contribution in [-0.2, 0) is 11.3 Å². The number of furan rings is 1. The fraction of sp³-hybridized carbons (Fsp3) is 0.294. The molecule has 0 saturated carbocycles. The quantitative estimate of drug-likeness (QED) is 0.669. The van der Waals surface area contributed by atoms with Crippen LogP contribution in [-0.4, -0.2) is 25.1 Å². The van der Waals surface area contributed by atoms with Gasteiger partial charge in [0.1, 0.15) is 11.5 Å². The van der Waals surface area contributed by atoms with Crippen LogP contribution in [0.15, 0.2) is 47.1 Å². The van der Waals surface area contributed by atoms with Crippen molar-refractivity contribution in [3.8, 4) is 5.75 Å². The zero-order valence-corrected chi connectivity index (χ0v) is 14.0. The maximum absolute atomic E-state index is 12.1. The Morgan fingerprint density at radius 1 is 1.15 bits per heavy atom. The number of carbonyl (C=O) groups excluding carboxylic acids is 2. The minimum Gasteiger partial charge on any atom is -0.467 e. The second-order valence-corrected chi connectivity index (χ2v) is 5.35. The summed E-state index contributed by atoms with van der Waals surface area (Å²) in [6.07, 6.45) is 1.50. The Balaban J connectivity index is 1.71. The van der Waals surface area contributed by atoms with E-state index in [1.807, 2.05) is 0 Å². The standard InChI is InChI=1S/C17H19F2N3O4/c1-11(12-4-6-13(7-5-12)26-16(18)19)22-15(23)10-21-17(24)20-9-14-3-2-8-25-14/h2-8,11,16H,9-10H2,1H3,(H,22,23)(H2,20,21,24)/t11-/m1/s1. The van der Waals surface area contributed by atoms with E-state index in [4.69, 9.17) is 4.42 Å². The monoisotopic (exact) mass is 367 g/mol. The van der Waals surface area contributed by atoms with E-state index in [-0.39, 0.29) is 24.9 Å². The summed E-state index contributed by atoms with van der Waals surface area (Å²) in [4.78, 5) is 23.5. The maximum Gasteiger partial charge on any atom is 0.387 e. The first-order chi connectivity index (χ1) is 12.4. The molecule has 0 aliphatic carbocycles. The summed E-state index contributed by atoms with van der Waals surface area (Å²) < 4.78 is 33.6. The zero-order valence-electron chi connectivity index (χ0n) is 14.0. The summed E-state index contributed by atoms with van der Waals surface area (Å²) in [7, 11) is 0. The minimum atomic E-state index is -2.89. The predicted octanol–water partition coefficient (Wildman–Crippen LogP) is 2.56. The van der Waals surface area contributed by atoms with Gasteiger partial charge in [-0.3, -0.25) is 4.79 Å². The molecule has 7 nitrogen and oxygen atoms in total. The molecule has 0 spiro atoms. The number of nitrogens with one attached hydrogen (secondary N) is 3. The van der Waals surface area contributed by atoms with E-state index in [1.165, 1.54) is 18.4 Å². The second kappa shape index (κ2) is 9.40. The van der Waals surface area contributed by atoms with Crippen LogP contribution in [0.1, 0.15) is 24.3 Å². The lowest BCUT2D eigenvalue weighted by atomic mass is 10.1. The summed E-state index contributed by atoms with van der Waals surface area (Å²) in [6, 6.07) is 8.49. The van der Waals surface area contributed by atoms with Gasteiger partial charge in [-0.05, 0) is 36.8 Å². The van der Waals surface area contributed by atoms with Gasteiger partial charge in [0.05, 0.1) is 25.4 Å². The van der Waals surface area contributed by atoms with Crippen molar-refractivity contribution < 1.29 is 27.5 Å². The van der Waals surface area contributed by atoms with Crippen molar-refractivity contribution in [1.29, 1.82) is 0 Å². The highest BCUT2D eigenvalue weighted by atomic mass is 19.3. The van der Waals surface area contributed by atoms with E-state index in [1.54, 1.807) is 31.2 Å². The first-order valence-corrected chi connectivity index (χ1v) is 7.82. The molecule has 1 heterocycles. The number of carbonyl (C=O) groups is 2. The molecule has 0 radical (unpaired) electrons. The minimum absolute atomic E-state index is 0.0390. The van der Waals surface area contributed by atoms with Crippen LogP contribution in [0, 0.1) is 0 Å². The third-order valence-corrected chi connectivity index (χ3v) is 3.40. The molecule has 1 atom stereocenters. The molecule has 0 saturated heterocycles. The predicted molar refractivity (Wildman–Crippen MR) is 88.6 cm³/mol. The van der Waals surface area contributed by atoms with Crippen molar-refractivity contribution in [3.63, 3.8) is 0 Å². The van der Waals surface area contributed by atoms with E-state index >= 15 is 0 Å². The van der Waals surface area contributed by atoms with Gasteiger partial charge in [0, 0.05) is 0 Å². The number of alkyl halides is 2. The molecule has 3 amide bonds. The van der Waals surface area contributed by atoms with E-state index < -0.39 is 18.5 Å². The Kier molecular flexibility index (Phi) is 6.95. The molecule has 0 unspecified atom stereocenters. The van der Waals surface area contributed by atoms with Gasteiger partial charge < -0.3 is 25.1 Å². The molecule has 2 rings (SSSR count). The van der Waals surface area contributed by atoms with Crippen LogP contribution in [0.25, 0.3) is 0 Å². The average Bonchev–Trinajstić information content (AvgIpc) is 3.11. The number of urea groups is 1. The number of amides is 3. The van der Waals surface area contributed by atoms with E-state index in [9.17, 15) is 18.4 Å². The fourth-order valence-electron chi connectivity index (χ4n) is 2.12. The van der Waals surface area contributed by atoms with Crippen LogP contribution >= 0.6 is 0 Å². The molecular weight excluding hydrogens is 348 g/mol. The molecule has 0 fully saturated rings. The largest absolute Gasteiger partial charge is 0.467 e. The van der Waals surface area contributed by atoms with Gasteiger partial charge in [-0.25, -0.2) is 4.79 Å². The van der Waals surface area contributed by atoms with Gasteiger partial charge in [0.2, 0.25) is 5.91 Å². The van der Waals surface area contributed by atoms with Crippen molar-refractivity contribution in [3.05, 3.63) is 54.0 Å². The van der Waals surface area contributed by atoms with Gasteiger partial charge in [-0.15, -0.1) is 0 Å². The normalized spacial score (nSPS) is 11.7. The third kappa shape index (κ3) is 6.42. The van der Waals surface area contributed by atoms with E-state index in [2.05, 4.69) is 20.7 Å². The SMILES string of the molecule is C[C@@H](NC(=O)CNC(=O)NCc1ccco1)c1ccc(OC(F)F)cc1. The van der Waals surface area contributed by atoms with Gasteiger partial charge in [-0.1, -0.05) is 12.1 Å². The topological polar surface area (TPSA) is 92.6 Å². The molecule has 0 aliphatic heterocycles. The number of hydrogen-bond donors (Lipinski definition) is 3. The molecule has 26 heavy (non-hydrogen) atoms. The summed E-state index contributed by atoms with van der Waals surface area (Å²) in [5.74, 6) is 0.244. The lowest BCUT2D eigenvalue weighted by Crippen LogP contribution is -2.42. The smallest absolute Gasteiger partial charge is 0.387 e. The summed E-state index contributed by atoms with van der Waals surface area (Å²) in [5.41, 5.74) is 0.710. The van der Waals surface area contributed by atoms with Crippen LogP contribution in [0.4, 0.5) is 13.6 Å². The molecule has 140 valence electrons. The molecule has 1 aromatic carbocycles. The van der Waals surface area contributed by atoms with Gasteiger partial charge >= 0.3 is 12.6 Å². The molecule has 9 heteroatoms. The maximum atomic E-state index is 12.1. The Morgan fingerprint density at radius 3 is 2.50 bits per heavy atom. The Bertz CT molecular complexity index is 705. The number of rotatable bonds is 8. The van der Waals surface area contributed by atoms with Crippen LogP contribution in [0.5, 0.6) is 5.75 Å². The Hall–Kier alpha value is -3.10. The Labute approximate surface area is 148 Å². The number of hydrogen-bond acceptors (Lipinski definition) is 4. The highest BCUT2D eigenvalue weighted by Crippen LogP contribution is 2.19. The van der Waals surface area contributed by atoms with Gasteiger partial charge in [0.15, 0.2) is 0 Å². The third-order valence-electron chi connectivity index (χ3n) is 3.40. The first kappa shape index (κ1) is 19.2. The molecule has 3 N–H and O–H groups in total. The number of ether oxygens (including phenoxy) is 1. The highest BCUT2D eigenvalue weighted by Gasteiger charge is 2.12. The van der Waals surface area contributed by atoms with Crippen molar-refractivity contribution >= 4 is 11.9 Å². The fourth-order valence-corrected chi connectivity index (χ4v) is 2.12. The van der Waals surface area contributed by atoms with Crippen molar-refractivity contribution in [2.75, 3.05) is 6.54 Å². The van der Waals surface area contributed by atoms with E-state index in [0.29, 0.717) is 11.3 Å². The number of benzene rings is 1. The van der Waals surface area contributed by atoms with Crippen LogP contribution in [0.2, 0.25) is 0 Å². The highest BCUT2D eigenvalue weighted by molar-refractivity contribution is 5.84.